The molecule has 3 aliphatic rings. The van der Waals surface area contributed by atoms with Gasteiger partial charge in [0.1, 0.15) is 11.6 Å². The number of ether oxygens (including phenoxy) is 1. The SMILES string of the molecule is C=CCN(C)C(=O)[C@@H]1[C@H]2C(=O)N([C@@H](CO)C(C)C)C(C(=O)N(CC=C)c3c(C)cccc3Cl)C23CC[C@@]1(CC)O3. The Kier molecular flexibility index (Phi) is 8.56. The zero-order chi connectivity index (χ0) is 29.6. The molecule has 2 unspecified atom stereocenters. The van der Waals surface area contributed by atoms with Crippen molar-refractivity contribution in [3.63, 3.8) is 0 Å². The Morgan fingerprint density at radius 1 is 1.23 bits per heavy atom. The lowest BCUT2D eigenvalue weighted by Gasteiger charge is -2.41. The van der Waals surface area contributed by atoms with Gasteiger partial charge in [0.05, 0.1) is 40.8 Å². The number of rotatable bonds is 11. The van der Waals surface area contributed by atoms with E-state index >= 15 is 0 Å². The molecule has 1 aromatic carbocycles. The smallest absolute Gasteiger partial charge is 0.253 e. The number of anilines is 1. The van der Waals surface area contributed by atoms with Crippen molar-refractivity contribution < 1.29 is 24.2 Å². The summed E-state index contributed by atoms with van der Waals surface area (Å²) in [4.78, 5) is 47.9. The van der Waals surface area contributed by atoms with E-state index in [9.17, 15) is 19.5 Å². The molecule has 3 aliphatic heterocycles. The molecule has 218 valence electrons. The van der Waals surface area contributed by atoms with Crippen molar-refractivity contribution in [3.05, 3.63) is 54.1 Å². The van der Waals surface area contributed by atoms with E-state index in [1.165, 1.54) is 4.90 Å². The first kappa shape index (κ1) is 30.3. The number of carbonyl (C=O) groups is 3. The average Bonchev–Trinajstić information content (AvgIpc) is 3.51. The molecule has 0 aliphatic carbocycles. The molecule has 3 amide bonds. The maximum atomic E-state index is 14.8. The number of fused-ring (bicyclic) bond motifs is 1. The monoisotopic (exact) mass is 571 g/mol. The third kappa shape index (κ3) is 4.39. The number of carbonyl (C=O) groups excluding carboxylic acids is 3. The van der Waals surface area contributed by atoms with Crippen LogP contribution in [0.2, 0.25) is 5.02 Å². The normalized spacial score (nSPS) is 29.4. The van der Waals surface area contributed by atoms with Crippen LogP contribution < -0.4 is 4.90 Å². The van der Waals surface area contributed by atoms with Crippen LogP contribution in [0.25, 0.3) is 0 Å². The van der Waals surface area contributed by atoms with Crippen LogP contribution in [0.5, 0.6) is 0 Å². The van der Waals surface area contributed by atoms with E-state index in [2.05, 4.69) is 13.2 Å². The van der Waals surface area contributed by atoms with Crippen molar-refractivity contribution in [1.82, 2.24) is 9.80 Å². The second-order valence-electron chi connectivity index (χ2n) is 11.7. The number of halogens is 1. The molecule has 0 radical (unpaired) electrons. The van der Waals surface area contributed by atoms with Crippen LogP contribution >= 0.6 is 11.6 Å². The summed E-state index contributed by atoms with van der Waals surface area (Å²) in [6, 6.07) is 3.74. The Hall–Kier alpha value is -2.68. The van der Waals surface area contributed by atoms with Crippen LogP contribution in [0.1, 0.15) is 45.6 Å². The highest BCUT2D eigenvalue weighted by molar-refractivity contribution is 6.34. The molecule has 3 fully saturated rings. The van der Waals surface area contributed by atoms with Crippen molar-refractivity contribution >= 4 is 35.0 Å². The second-order valence-corrected chi connectivity index (χ2v) is 12.1. The van der Waals surface area contributed by atoms with E-state index in [0.29, 0.717) is 36.5 Å². The fourth-order valence-corrected chi connectivity index (χ4v) is 7.67. The van der Waals surface area contributed by atoms with Crippen LogP contribution in [-0.2, 0) is 19.1 Å². The first-order valence-electron chi connectivity index (χ1n) is 14.1. The predicted octanol–water partition coefficient (Wildman–Crippen LogP) is 3.98. The highest BCUT2D eigenvalue weighted by atomic mass is 35.5. The molecule has 8 nitrogen and oxygen atoms in total. The molecule has 1 spiro atoms. The van der Waals surface area contributed by atoms with E-state index in [4.69, 9.17) is 16.3 Å². The highest BCUT2D eigenvalue weighted by Crippen LogP contribution is 2.65. The third-order valence-corrected chi connectivity index (χ3v) is 9.55. The summed E-state index contributed by atoms with van der Waals surface area (Å²) >= 11 is 6.64. The van der Waals surface area contributed by atoms with Crippen LogP contribution in [0, 0.1) is 24.7 Å². The number of aryl methyl sites for hydroxylation is 1. The molecule has 40 heavy (non-hydrogen) atoms. The number of likely N-dealkylation sites (tertiary alicyclic amines) is 1. The Bertz CT molecular complexity index is 1180. The maximum Gasteiger partial charge on any atom is 0.253 e. The summed E-state index contributed by atoms with van der Waals surface area (Å²) in [5.41, 5.74) is -0.720. The molecule has 0 aromatic heterocycles. The lowest BCUT2D eigenvalue weighted by atomic mass is 9.64. The van der Waals surface area contributed by atoms with Gasteiger partial charge in [-0.3, -0.25) is 14.4 Å². The van der Waals surface area contributed by atoms with Gasteiger partial charge in [-0.2, -0.15) is 0 Å². The maximum absolute atomic E-state index is 14.8. The Morgan fingerprint density at radius 3 is 2.45 bits per heavy atom. The van der Waals surface area contributed by atoms with Gasteiger partial charge in [-0.1, -0.05) is 56.7 Å². The second kappa shape index (κ2) is 11.3. The van der Waals surface area contributed by atoms with Crippen molar-refractivity contribution in [2.75, 3.05) is 31.6 Å². The van der Waals surface area contributed by atoms with E-state index in [1.54, 1.807) is 35.1 Å². The van der Waals surface area contributed by atoms with Crippen molar-refractivity contribution in [1.29, 1.82) is 0 Å². The predicted molar refractivity (Wildman–Crippen MR) is 156 cm³/mol. The summed E-state index contributed by atoms with van der Waals surface area (Å²) in [6.07, 6.45) is 4.82. The van der Waals surface area contributed by atoms with E-state index in [0.717, 1.165) is 5.56 Å². The first-order valence-corrected chi connectivity index (χ1v) is 14.5. The average molecular weight is 572 g/mol. The third-order valence-electron chi connectivity index (χ3n) is 9.25. The fraction of sp³-hybridized carbons (Fsp3) is 0.581. The van der Waals surface area contributed by atoms with Gasteiger partial charge in [0.2, 0.25) is 11.8 Å². The molecule has 3 saturated heterocycles. The Balaban J connectivity index is 1.92. The molecule has 0 saturated carbocycles. The van der Waals surface area contributed by atoms with Crippen molar-refractivity contribution in [2.24, 2.45) is 17.8 Å². The van der Waals surface area contributed by atoms with Crippen LogP contribution in [-0.4, -0.2) is 82.7 Å². The number of aliphatic hydroxyl groups excluding tert-OH is 1. The largest absolute Gasteiger partial charge is 0.394 e. The molecule has 3 heterocycles. The van der Waals surface area contributed by atoms with Crippen LogP contribution in [0.4, 0.5) is 5.69 Å². The molecule has 9 heteroatoms. The minimum Gasteiger partial charge on any atom is -0.394 e. The Labute approximate surface area is 242 Å². The van der Waals surface area contributed by atoms with Gasteiger partial charge in [0.25, 0.3) is 5.91 Å². The molecular formula is C31H42ClN3O5. The lowest BCUT2D eigenvalue weighted by molar-refractivity contribution is -0.153. The van der Waals surface area contributed by atoms with Gasteiger partial charge in [-0.05, 0) is 43.7 Å². The zero-order valence-corrected chi connectivity index (χ0v) is 25.0. The van der Waals surface area contributed by atoms with Gasteiger partial charge in [0.15, 0.2) is 0 Å². The van der Waals surface area contributed by atoms with Gasteiger partial charge in [0, 0.05) is 20.1 Å². The van der Waals surface area contributed by atoms with Gasteiger partial charge in [-0.25, -0.2) is 0 Å². The lowest BCUT2D eigenvalue weighted by Crippen LogP contribution is -2.60. The number of benzene rings is 1. The number of hydrogen-bond acceptors (Lipinski definition) is 5. The summed E-state index contributed by atoms with van der Waals surface area (Å²) < 4.78 is 6.89. The van der Waals surface area contributed by atoms with E-state index < -0.39 is 35.1 Å². The topological polar surface area (TPSA) is 90.4 Å². The zero-order valence-electron chi connectivity index (χ0n) is 24.2. The van der Waals surface area contributed by atoms with E-state index in [1.807, 2.05) is 39.8 Å². The van der Waals surface area contributed by atoms with Gasteiger partial charge < -0.3 is 24.5 Å². The fourth-order valence-electron chi connectivity index (χ4n) is 7.34. The van der Waals surface area contributed by atoms with Crippen LogP contribution in [0.15, 0.2) is 43.5 Å². The Morgan fingerprint density at radius 2 is 1.90 bits per heavy atom. The number of hydrogen-bond donors (Lipinski definition) is 1. The molecule has 1 aromatic rings. The first-order chi connectivity index (χ1) is 19.0. The summed E-state index contributed by atoms with van der Waals surface area (Å²) in [6.45, 7) is 15.5. The van der Waals surface area contributed by atoms with E-state index in [-0.39, 0.29) is 36.8 Å². The molecular weight excluding hydrogens is 530 g/mol. The number of nitrogens with zero attached hydrogens (tertiary/aromatic N) is 3. The number of likely N-dealkylation sites (N-methyl/N-ethyl adjacent to an activating group) is 1. The molecule has 4 rings (SSSR count). The molecule has 2 bridgehead atoms. The summed E-state index contributed by atoms with van der Waals surface area (Å²) in [5.74, 6) is -2.61. The highest BCUT2D eigenvalue weighted by Gasteiger charge is 2.79. The van der Waals surface area contributed by atoms with Crippen molar-refractivity contribution in [3.8, 4) is 0 Å². The van der Waals surface area contributed by atoms with Gasteiger partial charge in [-0.15, -0.1) is 13.2 Å². The summed E-state index contributed by atoms with van der Waals surface area (Å²) in [7, 11) is 1.70. The van der Waals surface area contributed by atoms with Crippen molar-refractivity contribution in [2.45, 2.75) is 70.2 Å². The minimum absolute atomic E-state index is 0.149. The van der Waals surface area contributed by atoms with Gasteiger partial charge >= 0.3 is 0 Å². The summed E-state index contributed by atoms with van der Waals surface area (Å²) in [5, 5.41) is 10.9. The molecule has 1 N–H and O–H groups in total. The minimum atomic E-state index is -1.21. The standard InChI is InChI=1S/C31H42ClN3O5/c1-8-16-33(7)27(37)23-24-28(38)35(22(18-36)19(4)5)26(31(24)15-14-30(23,10-3)40-31)29(39)34(17-9-2)25-20(6)12-11-13-21(25)32/h8-9,11-13,19,22-24,26,36H,1-2,10,14-18H2,3-7H3/t22-,23-,24-,26?,30+,31?/m0/s1. The number of para-hydroxylation sites is 1. The quantitative estimate of drug-likeness (QED) is 0.406. The number of amides is 3. The number of aliphatic hydroxyl groups is 1. The molecule has 6 atom stereocenters. The van der Waals surface area contributed by atoms with Crippen LogP contribution in [0.3, 0.4) is 0 Å².